The summed E-state index contributed by atoms with van der Waals surface area (Å²) >= 11 is 0. The Morgan fingerprint density at radius 1 is 1.02 bits per heavy atom. The van der Waals surface area contributed by atoms with Crippen LogP contribution in [0.15, 0.2) is 71.3 Å². The standard InChI is InChI=1S/C31H27F3N8O3/c32-22-16-21(22)28(43)36-20-6-7-25-23(15-20)37-29(45-25)19-8-11-35-24(14-19)30(44)41-12-9-18(10-13-41)26(17-4-2-1-3-5-17)27-38-40-42(39-27)31(33)34/h1-8,11,14-15,18,21-22,26,31H,9-10,12-13,16H2,(H,36,43)/t21-,22+,26+/m1/s1. The van der Waals surface area contributed by atoms with E-state index >= 15 is 0 Å². The Labute approximate surface area is 254 Å². The molecule has 11 nitrogen and oxygen atoms in total. The van der Waals surface area contributed by atoms with E-state index in [4.69, 9.17) is 4.42 Å². The molecule has 2 aromatic carbocycles. The van der Waals surface area contributed by atoms with Crippen molar-refractivity contribution in [3.8, 4) is 11.5 Å². The van der Waals surface area contributed by atoms with Crippen molar-refractivity contribution in [3.05, 3.63) is 83.9 Å². The molecule has 1 saturated heterocycles. The first kappa shape index (κ1) is 28.6. The third-order valence-electron chi connectivity index (χ3n) is 8.28. The molecule has 7 rings (SSSR count). The molecule has 0 radical (unpaired) electrons. The van der Waals surface area contributed by atoms with Crippen molar-refractivity contribution in [1.29, 1.82) is 0 Å². The summed E-state index contributed by atoms with van der Waals surface area (Å²) in [6, 6.07) is 17.8. The van der Waals surface area contributed by atoms with Crippen LogP contribution in [0, 0.1) is 11.8 Å². The van der Waals surface area contributed by atoms with Gasteiger partial charge in [-0.15, -0.1) is 10.2 Å². The zero-order valence-electron chi connectivity index (χ0n) is 23.8. The summed E-state index contributed by atoms with van der Waals surface area (Å²) in [5.41, 5.74) is 3.16. The molecule has 3 aromatic heterocycles. The summed E-state index contributed by atoms with van der Waals surface area (Å²) in [4.78, 5) is 36.5. The number of rotatable bonds is 8. The summed E-state index contributed by atoms with van der Waals surface area (Å²) in [6.07, 6.45) is 1.87. The predicted octanol–water partition coefficient (Wildman–Crippen LogP) is 5.25. The molecule has 5 aromatic rings. The molecule has 2 amide bonds. The Hall–Kier alpha value is -5.14. The molecule has 230 valence electrons. The number of fused-ring (bicyclic) bond motifs is 1. The molecule has 0 bridgehead atoms. The molecule has 3 atom stereocenters. The van der Waals surface area contributed by atoms with Crippen LogP contribution in [0.3, 0.4) is 0 Å². The first-order chi connectivity index (χ1) is 21.8. The van der Waals surface area contributed by atoms with Crippen LogP contribution in [0.2, 0.25) is 0 Å². The molecule has 4 heterocycles. The summed E-state index contributed by atoms with van der Waals surface area (Å²) < 4.78 is 45.5. The lowest BCUT2D eigenvalue weighted by Gasteiger charge is -2.35. The number of carbonyl (C=O) groups is 2. The zero-order valence-corrected chi connectivity index (χ0v) is 23.8. The fourth-order valence-corrected chi connectivity index (χ4v) is 5.81. The molecule has 2 fully saturated rings. The van der Waals surface area contributed by atoms with Crippen LogP contribution in [-0.4, -0.2) is 66.2 Å². The van der Waals surface area contributed by atoms with Crippen LogP contribution >= 0.6 is 0 Å². The average Bonchev–Trinajstić information content (AvgIpc) is 3.40. The number of aromatic nitrogens is 6. The predicted molar refractivity (Wildman–Crippen MR) is 155 cm³/mol. The van der Waals surface area contributed by atoms with Gasteiger partial charge in [0.25, 0.3) is 5.91 Å². The zero-order chi connectivity index (χ0) is 31.1. The van der Waals surface area contributed by atoms with Gasteiger partial charge in [0.05, 0.1) is 11.8 Å². The van der Waals surface area contributed by atoms with Gasteiger partial charge in [0.1, 0.15) is 17.4 Å². The molecule has 14 heteroatoms. The molecule has 0 spiro atoms. The average molecular weight is 617 g/mol. The molecule has 1 aliphatic heterocycles. The highest BCUT2D eigenvalue weighted by Gasteiger charge is 2.43. The number of oxazole rings is 1. The van der Waals surface area contributed by atoms with Crippen LogP contribution in [0.25, 0.3) is 22.6 Å². The number of benzene rings is 2. The lowest BCUT2D eigenvalue weighted by molar-refractivity contribution is -0.117. The Bertz CT molecular complexity index is 1860. The van der Waals surface area contributed by atoms with E-state index in [-0.39, 0.29) is 47.5 Å². The van der Waals surface area contributed by atoms with Gasteiger partial charge < -0.3 is 14.6 Å². The summed E-state index contributed by atoms with van der Waals surface area (Å²) in [7, 11) is 0. The maximum atomic E-state index is 13.5. The van der Waals surface area contributed by atoms with E-state index in [1.54, 1.807) is 35.2 Å². The van der Waals surface area contributed by atoms with Gasteiger partial charge in [0.15, 0.2) is 11.4 Å². The van der Waals surface area contributed by atoms with Crippen molar-refractivity contribution in [1.82, 2.24) is 35.1 Å². The first-order valence-electron chi connectivity index (χ1n) is 14.6. The lowest BCUT2D eigenvalue weighted by Crippen LogP contribution is -2.40. The highest BCUT2D eigenvalue weighted by atomic mass is 19.3. The Kier molecular flexibility index (Phi) is 7.47. The van der Waals surface area contributed by atoms with Gasteiger partial charge in [-0.05, 0) is 66.3 Å². The highest BCUT2D eigenvalue weighted by molar-refractivity contribution is 5.96. The number of amides is 2. The maximum absolute atomic E-state index is 13.5. The Morgan fingerprint density at radius 3 is 2.51 bits per heavy atom. The smallest absolute Gasteiger partial charge is 0.350 e. The topological polar surface area (TPSA) is 132 Å². The third kappa shape index (κ3) is 5.87. The van der Waals surface area contributed by atoms with Crippen molar-refractivity contribution in [2.45, 2.75) is 37.9 Å². The molecule has 45 heavy (non-hydrogen) atoms. The molecule has 1 N–H and O–H groups in total. The van der Waals surface area contributed by atoms with Crippen molar-refractivity contribution in [2.24, 2.45) is 11.8 Å². The van der Waals surface area contributed by atoms with Crippen LogP contribution < -0.4 is 5.32 Å². The van der Waals surface area contributed by atoms with Crippen molar-refractivity contribution < 1.29 is 27.2 Å². The van der Waals surface area contributed by atoms with Crippen LogP contribution in [0.4, 0.5) is 18.9 Å². The van der Waals surface area contributed by atoms with E-state index in [0.717, 1.165) is 5.56 Å². The van der Waals surface area contributed by atoms with Gasteiger partial charge in [-0.2, -0.15) is 8.78 Å². The van der Waals surface area contributed by atoms with Crippen molar-refractivity contribution >= 4 is 28.6 Å². The fourth-order valence-electron chi connectivity index (χ4n) is 5.81. The number of pyridine rings is 1. The lowest BCUT2D eigenvalue weighted by atomic mass is 9.79. The number of piperidine rings is 1. The van der Waals surface area contributed by atoms with Gasteiger partial charge in [0, 0.05) is 30.5 Å². The summed E-state index contributed by atoms with van der Waals surface area (Å²) in [6.45, 7) is -2.02. The van der Waals surface area contributed by atoms with Gasteiger partial charge >= 0.3 is 6.55 Å². The third-order valence-corrected chi connectivity index (χ3v) is 8.28. The number of carbonyl (C=O) groups excluding carboxylic acids is 2. The number of tetrazole rings is 1. The van der Waals surface area contributed by atoms with Gasteiger partial charge in [-0.1, -0.05) is 35.1 Å². The number of hydrogen-bond acceptors (Lipinski definition) is 8. The first-order valence-corrected chi connectivity index (χ1v) is 14.6. The Balaban J connectivity index is 1.05. The van der Waals surface area contributed by atoms with E-state index in [2.05, 4.69) is 30.7 Å². The van der Waals surface area contributed by atoms with E-state index in [9.17, 15) is 22.8 Å². The molecule has 1 saturated carbocycles. The normalized spacial score (nSPS) is 19.2. The van der Waals surface area contributed by atoms with Gasteiger partial charge in [0.2, 0.25) is 11.8 Å². The highest BCUT2D eigenvalue weighted by Crippen LogP contribution is 2.37. The number of nitrogens with one attached hydrogen (secondary N) is 1. The van der Waals surface area contributed by atoms with E-state index < -0.39 is 18.6 Å². The second kappa shape index (κ2) is 11.7. The summed E-state index contributed by atoms with van der Waals surface area (Å²) in [5.74, 6) is -1.05. The van der Waals surface area contributed by atoms with Crippen LogP contribution in [0.5, 0.6) is 0 Å². The van der Waals surface area contributed by atoms with Crippen LogP contribution in [-0.2, 0) is 4.79 Å². The Morgan fingerprint density at radius 2 is 1.80 bits per heavy atom. The van der Waals surface area contributed by atoms with Crippen molar-refractivity contribution in [3.63, 3.8) is 0 Å². The number of alkyl halides is 3. The molecule has 0 unspecified atom stereocenters. The van der Waals surface area contributed by atoms with Gasteiger partial charge in [-0.3, -0.25) is 14.6 Å². The quantitative estimate of drug-likeness (QED) is 0.250. The minimum atomic E-state index is -2.89. The second-order valence-electron chi connectivity index (χ2n) is 11.2. The second-order valence-corrected chi connectivity index (χ2v) is 11.2. The molecule has 1 aliphatic carbocycles. The summed E-state index contributed by atoms with van der Waals surface area (Å²) in [5, 5.41) is 14.1. The number of nitrogens with zero attached hydrogens (tertiary/aromatic N) is 7. The molecular weight excluding hydrogens is 589 g/mol. The monoisotopic (exact) mass is 616 g/mol. The molecule has 2 aliphatic rings. The number of halogens is 3. The number of anilines is 1. The molecular formula is C31H27F3N8O3. The maximum Gasteiger partial charge on any atom is 0.350 e. The SMILES string of the molecule is O=C(Nc1ccc2oc(-c3ccnc(C(=O)N4CCC([C@H](c5ccccc5)c5nnn(C(F)F)n5)CC4)c3)nc2c1)[C@@H]1C[C@@H]1F. The minimum Gasteiger partial charge on any atom is -0.436 e. The number of hydrogen-bond donors (Lipinski definition) is 1. The fraction of sp³-hybridized carbons (Fsp3) is 0.323. The van der Waals surface area contributed by atoms with E-state index in [1.165, 1.54) is 6.20 Å². The van der Waals surface area contributed by atoms with Gasteiger partial charge in [-0.25, -0.2) is 9.37 Å². The minimum absolute atomic E-state index is 0.00293. The van der Waals surface area contributed by atoms with Crippen molar-refractivity contribution in [2.75, 3.05) is 18.4 Å². The number of likely N-dealkylation sites (tertiary alicyclic amines) is 1. The van der Waals surface area contributed by atoms with E-state index in [0.29, 0.717) is 53.1 Å². The van der Waals surface area contributed by atoms with E-state index in [1.807, 2.05) is 30.3 Å². The van der Waals surface area contributed by atoms with Crippen LogP contribution in [0.1, 0.15) is 53.6 Å². The largest absolute Gasteiger partial charge is 0.436 e.